The number of thiocyanates is 1. The van der Waals surface area contributed by atoms with Crippen LogP contribution in [-0.2, 0) is 0 Å². The molecule has 0 unspecified atom stereocenters. The van der Waals surface area contributed by atoms with Crippen molar-refractivity contribution in [2.75, 3.05) is 10.6 Å². The number of carbonyl (C=O) groups is 1. The van der Waals surface area contributed by atoms with E-state index in [0.717, 1.165) is 39.1 Å². The zero-order valence-corrected chi connectivity index (χ0v) is 14.5. The van der Waals surface area contributed by atoms with Crippen LogP contribution in [0.5, 0.6) is 0 Å². The molecule has 0 saturated heterocycles. The number of hydrogen-bond donors (Lipinski definition) is 2. The summed E-state index contributed by atoms with van der Waals surface area (Å²) in [4.78, 5) is 21.9. The number of rotatable bonds is 3. The first-order valence-electron chi connectivity index (χ1n) is 7.54. The van der Waals surface area contributed by atoms with Gasteiger partial charge in [0.2, 0.25) is 0 Å². The number of thioether (sulfide) groups is 1. The number of carbonyl (C=O) groups excluding carboxylic acids is 1. The predicted molar refractivity (Wildman–Crippen MR) is 99.6 cm³/mol. The van der Waals surface area contributed by atoms with Crippen LogP contribution in [0.1, 0.15) is 11.4 Å². The summed E-state index contributed by atoms with van der Waals surface area (Å²) in [5, 5.41) is 16.2. The van der Waals surface area contributed by atoms with E-state index in [1.54, 1.807) is 36.4 Å². The fraction of sp³-hybridized carbons (Fsp3) is 0.111. The SMILES string of the molecule is Cc1nc2ccc(NC(=O)Nc3ccc(SC#N)cc3)cc2nc1C. The molecule has 2 aromatic carbocycles. The van der Waals surface area contributed by atoms with Crippen molar-refractivity contribution >= 4 is 40.2 Å². The number of anilines is 2. The van der Waals surface area contributed by atoms with E-state index in [1.807, 2.05) is 25.3 Å². The lowest BCUT2D eigenvalue weighted by Gasteiger charge is -2.09. The van der Waals surface area contributed by atoms with Crippen LogP contribution in [0, 0.1) is 24.5 Å². The molecule has 3 aromatic rings. The van der Waals surface area contributed by atoms with Crippen LogP contribution in [0.15, 0.2) is 47.4 Å². The Labute approximate surface area is 149 Å². The van der Waals surface area contributed by atoms with Gasteiger partial charge in [0.1, 0.15) is 5.40 Å². The zero-order valence-electron chi connectivity index (χ0n) is 13.7. The van der Waals surface area contributed by atoms with Gasteiger partial charge in [-0.3, -0.25) is 0 Å². The third-order valence-corrected chi connectivity index (χ3v) is 4.21. The van der Waals surface area contributed by atoms with Crippen LogP contribution < -0.4 is 10.6 Å². The van der Waals surface area contributed by atoms with Gasteiger partial charge in [0, 0.05) is 16.3 Å². The summed E-state index contributed by atoms with van der Waals surface area (Å²) in [5.74, 6) is 0. The zero-order chi connectivity index (χ0) is 17.8. The molecule has 7 heteroatoms. The van der Waals surface area contributed by atoms with Gasteiger partial charge in [-0.25, -0.2) is 14.8 Å². The molecule has 124 valence electrons. The second-order valence-electron chi connectivity index (χ2n) is 5.39. The van der Waals surface area contributed by atoms with Crippen molar-refractivity contribution in [3.8, 4) is 5.40 Å². The van der Waals surface area contributed by atoms with E-state index in [0.29, 0.717) is 11.4 Å². The van der Waals surface area contributed by atoms with E-state index < -0.39 is 0 Å². The van der Waals surface area contributed by atoms with E-state index in [1.165, 1.54) is 0 Å². The number of aryl methyl sites for hydroxylation is 2. The molecular weight excluding hydrogens is 334 g/mol. The highest BCUT2D eigenvalue weighted by Crippen LogP contribution is 2.20. The van der Waals surface area contributed by atoms with Crippen LogP contribution in [0.2, 0.25) is 0 Å². The first kappa shape index (κ1) is 16.7. The highest BCUT2D eigenvalue weighted by atomic mass is 32.2. The largest absolute Gasteiger partial charge is 0.323 e. The molecule has 1 aromatic heterocycles. The van der Waals surface area contributed by atoms with E-state index in [-0.39, 0.29) is 6.03 Å². The normalized spacial score (nSPS) is 10.3. The molecule has 25 heavy (non-hydrogen) atoms. The molecule has 3 rings (SSSR count). The van der Waals surface area contributed by atoms with Gasteiger partial charge in [-0.2, -0.15) is 5.26 Å². The number of benzene rings is 2. The molecule has 0 bridgehead atoms. The van der Waals surface area contributed by atoms with Gasteiger partial charge in [0.15, 0.2) is 0 Å². The van der Waals surface area contributed by atoms with E-state index in [9.17, 15) is 4.79 Å². The number of nitrogens with one attached hydrogen (secondary N) is 2. The number of urea groups is 1. The Kier molecular flexibility index (Phi) is 4.82. The maximum Gasteiger partial charge on any atom is 0.323 e. The first-order chi connectivity index (χ1) is 12.0. The van der Waals surface area contributed by atoms with Gasteiger partial charge in [-0.15, -0.1) is 0 Å². The number of aromatic nitrogens is 2. The number of hydrogen-bond acceptors (Lipinski definition) is 5. The smallest absolute Gasteiger partial charge is 0.308 e. The van der Waals surface area contributed by atoms with Crippen LogP contribution in [0.3, 0.4) is 0 Å². The molecule has 0 atom stereocenters. The van der Waals surface area contributed by atoms with Crippen molar-refractivity contribution in [1.29, 1.82) is 5.26 Å². The molecule has 0 aliphatic carbocycles. The molecule has 1 heterocycles. The molecule has 0 radical (unpaired) electrons. The standard InChI is InChI=1S/C18H15N5OS/c1-11-12(2)21-17-9-14(5-8-16(17)20-11)23-18(24)22-13-3-6-15(7-4-13)25-10-19/h3-9H,1-2H3,(H2,22,23,24). The highest BCUT2D eigenvalue weighted by Gasteiger charge is 2.06. The summed E-state index contributed by atoms with van der Waals surface area (Å²) in [6.07, 6.45) is 0. The van der Waals surface area contributed by atoms with Gasteiger partial charge < -0.3 is 10.6 Å². The second-order valence-corrected chi connectivity index (χ2v) is 6.25. The lowest BCUT2D eigenvalue weighted by molar-refractivity contribution is 0.262. The molecule has 0 fully saturated rings. The van der Waals surface area contributed by atoms with Crippen molar-refractivity contribution in [3.63, 3.8) is 0 Å². The average molecular weight is 349 g/mol. The summed E-state index contributed by atoms with van der Waals surface area (Å²) < 4.78 is 0. The quantitative estimate of drug-likeness (QED) is 0.538. The minimum absolute atomic E-state index is 0.350. The fourth-order valence-corrected chi connectivity index (χ4v) is 2.64. The van der Waals surface area contributed by atoms with Crippen molar-refractivity contribution < 1.29 is 4.79 Å². The van der Waals surface area contributed by atoms with Gasteiger partial charge in [-0.05, 0) is 68.1 Å². The van der Waals surface area contributed by atoms with Crippen LogP contribution in [-0.4, -0.2) is 16.0 Å². The van der Waals surface area contributed by atoms with Gasteiger partial charge >= 0.3 is 6.03 Å². The summed E-state index contributed by atoms with van der Waals surface area (Å²) in [5.41, 5.74) is 4.57. The number of amides is 2. The molecule has 0 saturated carbocycles. The summed E-state index contributed by atoms with van der Waals surface area (Å²) in [7, 11) is 0. The Morgan fingerprint density at radius 2 is 1.56 bits per heavy atom. The molecule has 6 nitrogen and oxygen atoms in total. The number of nitrogens with zero attached hydrogens (tertiary/aromatic N) is 3. The Morgan fingerprint density at radius 3 is 2.24 bits per heavy atom. The summed E-state index contributed by atoms with van der Waals surface area (Å²) in [6.45, 7) is 3.82. The maximum absolute atomic E-state index is 12.1. The van der Waals surface area contributed by atoms with E-state index >= 15 is 0 Å². The molecular formula is C18H15N5OS. The minimum Gasteiger partial charge on any atom is -0.308 e. The Morgan fingerprint density at radius 1 is 0.960 bits per heavy atom. The number of nitriles is 1. The van der Waals surface area contributed by atoms with Crippen LogP contribution in [0.25, 0.3) is 11.0 Å². The van der Waals surface area contributed by atoms with E-state index in [4.69, 9.17) is 5.26 Å². The van der Waals surface area contributed by atoms with Crippen molar-refractivity contribution in [1.82, 2.24) is 9.97 Å². The highest BCUT2D eigenvalue weighted by molar-refractivity contribution is 8.03. The third kappa shape index (κ3) is 4.05. The van der Waals surface area contributed by atoms with Crippen molar-refractivity contribution in [2.24, 2.45) is 0 Å². The molecule has 0 spiro atoms. The van der Waals surface area contributed by atoms with E-state index in [2.05, 4.69) is 20.6 Å². The predicted octanol–water partition coefficient (Wildman–Crippen LogP) is 4.46. The Hall–Kier alpha value is -3.11. The fourth-order valence-electron chi connectivity index (χ4n) is 2.26. The monoisotopic (exact) mass is 349 g/mol. The van der Waals surface area contributed by atoms with Crippen LogP contribution in [0.4, 0.5) is 16.2 Å². The molecule has 0 aliphatic heterocycles. The molecule has 0 aliphatic rings. The van der Waals surface area contributed by atoms with Gasteiger partial charge in [-0.1, -0.05) is 0 Å². The summed E-state index contributed by atoms with van der Waals surface area (Å²) in [6, 6.07) is 12.1. The summed E-state index contributed by atoms with van der Waals surface area (Å²) >= 11 is 1.07. The van der Waals surface area contributed by atoms with Gasteiger partial charge in [0.25, 0.3) is 0 Å². The first-order valence-corrected chi connectivity index (χ1v) is 8.36. The van der Waals surface area contributed by atoms with Crippen molar-refractivity contribution in [3.05, 3.63) is 53.9 Å². The van der Waals surface area contributed by atoms with Gasteiger partial charge in [0.05, 0.1) is 22.4 Å². The second kappa shape index (κ2) is 7.20. The Bertz CT molecular complexity index is 979. The minimum atomic E-state index is -0.350. The maximum atomic E-state index is 12.1. The van der Waals surface area contributed by atoms with Crippen LogP contribution >= 0.6 is 11.8 Å². The third-order valence-electron chi connectivity index (χ3n) is 3.61. The topological polar surface area (TPSA) is 90.7 Å². The van der Waals surface area contributed by atoms with Crippen molar-refractivity contribution in [2.45, 2.75) is 18.7 Å². The molecule has 2 N–H and O–H groups in total. The number of fused-ring (bicyclic) bond motifs is 1. The lowest BCUT2D eigenvalue weighted by Crippen LogP contribution is -2.19. The molecule has 2 amide bonds. The lowest BCUT2D eigenvalue weighted by atomic mass is 10.2. The Balaban J connectivity index is 1.71. The average Bonchev–Trinajstić information content (AvgIpc) is 2.58.